The van der Waals surface area contributed by atoms with E-state index in [0.717, 1.165) is 16.5 Å². The standard InChI is InChI=1S/C15H19N3O3/c16-12(15(20)21)5-3-7-17-14(19)8-10-9-18-13-6-2-1-4-11(10)13/h1-2,4,6,9,12,18H,3,5,7-8,16H2,(H,17,19)(H,20,21). The predicted octanol–water partition coefficient (Wildman–Crippen LogP) is 1.02. The lowest BCUT2D eigenvalue weighted by molar-refractivity contribution is -0.138. The average Bonchev–Trinajstić information content (AvgIpc) is 2.86. The summed E-state index contributed by atoms with van der Waals surface area (Å²) in [4.78, 5) is 25.5. The van der Waals surface area contributed by atoms with Gasteiger partial charge in [0.1, 0.15) is 6.04 Å². The minimum absolute atomic E-state index is 0.0800. The van der Waals surface area contributed by atoms with Crippen molar-refractivity contribution in [1.29, 1.82) is 0 Å². The maximum Gasteiger partial charge on any atom is 0.320 e. The fraction of sp³-hybridized carbons (Fsp3) is 0.333. The zero-order chi connectivity index (χ0) is 15.2. The molecule has 0 saturated heterocycles. The number of aliphatic carboxylic acids is 1. The topological polar surface area (TPSA) is 108 Å². The van der Waals surface area contributed by atoms with Crippen LogP contribution in [0.15, 0.2) is 30.5 Å². The summed E-state index contributed by atoms with van der Waals surface area (Å²) in [6.07, 6.45) is 3.04. The summed E-state index contributed by atoms with van der Waals surface area (Å²) in [6.45, 7) is 0.433. The normalized spacial score (nSPS) is 12.2. The number of nitrogens with two attached hydrogens (primary N) is 1. The molecule has 0 aliphatic carbocycles. The summed E-state index contributed by atoms with van der Waals surface area (Å²) in [6, 6.07) is 6.94. The molecular weight excluding hydrogens is 270 g/mol. The number of hydrogen-bond acceptors (Lipinski definition) is 3. The summed E-state index contributed by atoms with van der Waals surface area (Å²) in [5.41, 5.74) is 7.35. The van der Waals surface area contributed by atoms with E-state index < -0.39 is 12.0 Å². The molecule has 112 valence electrons. The van der Waals surface area contributed by atoms with Gasteiger partial charge in [-0.2, -0.15) is 0 Å². The molecule has 0 aliphatic heterocycles. The van der Waals surface area contributed by atoms with Crippen molar-refractivity contribution in [2.45, 2.75) is 25.3 Å². The highest BCUT2D eigenvalue weighted by molar-refractivity contribution is 5.88. The third-order valence-corrected chi connectivity index (χ3v) is 3.36. The van der Waals surface area contributed by atoms with Crippen molar-refractivity contribution in [3.05, 3.63) is 36.0 Å². The molecule has 1 aromatic heterocycles. The van der Waals surface area contributed by atoms with Gasteiger partial charge >= 0.3 is 5.97 Å². The lowest BCUT2D eigenvalue weighted by atomic mass is 10.1. The summed E-state index contributed by atoms with van der Waals surface area (Å²) in [5, 5.41) is 12.5. The monoisotopic (exact) mass is 289 g/mol. The molecule has 6 heteroatoms. The molecule has 1 atom stereocenters. The molecule has 1 aromatic carbocycles. The minimum atomic E-state index is -1.01. The molecule has 1 heterocycles. The van der Waals surface area contributed by atoms with Crippen molar-refractivity contribution >= 4 is 22.8 Å². The maximum atomic E-state index is 11.9. The molecule has 0 aliphatic rings. The summed E-state index contributed by atoms with van der Waals surface area (Å²) < 4.78 is 0. The van der Waals surface area contributed by atoms with Gasteiger partial charge in [-0.3, -0.25) is 9.59 Å². The number of aromatic nitrogens is 1. The largest absolute Gasteiger partial charge is 0.480 e. The first-order chi connectivity index (χ1) is 10.1. The Bertz CT molecular complexity index is 636. The first-order valence-corrected chi connectivity index (χ1v) is 6.88. The Labute approximate surface area is 122 Å². The highest BCUT2D eigenvalue weighted by Crippen LogP contribution is 2.17. The number of H-pyrrole nitrogens is 1. The second kappa shape index (κ2) is 6.90. The summed E-state index contributed by atoms with van der Waals surface area (Å²) >= 11 is 0. The van der Waals surface area contributed by atoms with Gasteiger partial charge in [-0.25, -0.2) is 0 Å². The Morgan fingerprint density at radius 2 is 2.10 bits per heavy atom. The van der Waals surface area contributed by atoms with Crippen LogP contribution in [-0.2, 0) is 16.0 Å². The van der Waals surface area contributed by atoms with Crippen LogP contribution in [0.25, 0.3) is 10.9 Å². The van der Waals surface area contributed by atoms with Crippen LogP contribution in [0.2, 0.25) is 0 Å². The maximum absolute atomic E-state index is 11.9. The number of fused-ring (bicyclic) bond motifs is 1. The van der Waals surface area contributed by atoms with E-state index in [0.29, 0.717) is 25.8 Å². The number of carbonyl (C=O) groups is 2. The molecule has 1 unspecified atom stereocenters. The number of aromatic amines is 1. The second-order valence-electron chi connectivity index (χ2n) is 4.97. The lowest BCUT2D eigenvalue weighted by Gasteiger charge is -2.07. The van der Waals surface area contributed by atoms with E-state index in [1.807, 2.05) is 30.5 Å². The van der Waals surface area contributed by atoms with Gasteiger partial charge < -0.3 is 21.1 Å². The van der Waals surface area contributed by atoms with E-state index in [1.54, 1.807) is 0 Å². The molecule has 2 rings (SSSR count). The number of para-hydroxylation sites is 1. The van der Waals surface area contributed by atoms with Crippen molar-refractivity contribution < 1.29 is 14.7 Å². The molecule has 6 nitrogen and oxygen atoms in total. The van der Waals surface area contributed by atoms with Gasteiger partial charge in [-0.15, -0.1) is 0 Å². The number of benzene rings is 1. The quantitative estimate of drug-likeness (QED) is 0.571. The number of carboxylic acids is 1. The number of hydrogen-bond donors (Lipinski definition) is 4. The zero-order valence-electron chi connectivity index (χ0n) is 11.6. The molecule has 1 amide bonds. The highest BCUT2D eigenvalue weighted by atomic mass is 16.4. The van der Waals surface area contributed by atoms with Gasteiger partial charge in [0.25, 0.3) is 0 Å². The van der Waals surface area contributed by atoms with Crippen LogP contribution in [0.5, 0.6) is 0 Å². The Kier molecular flexibility index (Phi) is 4.94. The number of carboxylic acid groups (broad SMARTS) is 1. The van der Waals surface area contributed by atoms with Crippen LogP contribution in [0.1, 0.15) is 18.4 Å². The van der Waals surface area contributed by atoms with E-state index in [-0.39, 0.29) is 5.91 Å². The van der Waals surface area contributed by atoms with Crippen LogP contribution in [0.4, 0.5) is 0 Å². The van der Waals surface area contributed by atoms with Crippen LogP contribution in [0.3, 0.4) is 0 Å². The van der Waals surface area contributed by atoms with E-state index in [9.17, 15) is 9.59 Å². The van der Waals surface area contributed by atoms with Gasteiger partial charge in [0.15, 0.2) is 0 Å². The summed E-state index contributed by atoms with van der Waals surface area (Å²) in [7, 11) is 0. The second-order valence-corrected chi connectivity index (χ2v) is 4.97. The summed E-state index contributed by atoms with van der Waals surface area (Å²) in [5.74, 6) is -1.09. The van der Waals surface area contributed by atoms with Gasteiger partial charge in [0.2, 0.25) is 5.91 Å². The predicted molar refractivity (Wildman–Crippen MR) is 79.9 cm³/mol. The van der Waals surface area contributed by atoms with Crippen LogP contribution in [-0.4, -0.2) is 34.6 Å². The molecular formula is C15H19N3O3. The Morgan fingerprint density at radius 3 is 2.86 bits per heavy atom. The first-order valence-electron chi connectivity index (χ1n) is 6.88. The molecule has 5 N–H and O–H groups in total. The zero-order valence-corrected chi connectivity index (χ0v) is 11.6. The van der Waals surface area contributed by atoms with Crippen molar-refractivity contribution in [3.63, 3.8) is 0 Å². The third-order valence-electron chi connectivity index (χ3n) is 3.36. The minimum Gasteiger partial charge on any atom is -0.480 e. The van der Waals surface area contributed by atoms with Crippen LogP contribution >= 0.6 is 0 Å². The fourth-order valence-corrected chi connectivity index (χ4v) is 2.19. The van der Waals surface area contributed by atoms with Crippen molar-refractivity contribution in [1.82, 2.24) is 10.3 Å². The molecule has 21 heavy (non-hydrogen) atoms. The van der Waals surface area contributed by atoms with Crippen molar-refractivity contribution in [3.8, 4) is 0 Å². The molecule has 0 saturated carbocycles. The van der Waals surface area contributed by atoms with E-state index in [4.69, 9.17) is 10.8 Å². The van der Waals surface area contributed by atoms with Crippen LogP contribution in [0, 0.1) is 0 Å². The van der Waals surface area contributed by atoms with Crippen molar-refractivity contribution in [2.24, 2.45) is 5.73 Å². The molecule has 0 bridgehead atoms. The molecule has 0 radical (unpaired) electrons. The molecule has 2 aromatic rings. The number of rotatable bonds is 7. The van der Waals surface area contributed by atoms with Gasteiger partial charge in [-0.1, -0.05) is 18.2 Å². The number of nitrogens with one attached hydrogen (secondary N) is 2. The van der Waals surface area contributed by atoms with E-state index in [2.05, 4.69) is 10.3 Å². The highest BCUT2D eigenvalue weighted by Gasteiger charge is 2.11. The Balaban J connectivity index is 1.78. The average molecular weight is 289 g/mol. The van der Waals surface area contributed by atoms with Crippen LogP contribution < -0.4 is 11.1 Å². The number of carbonyl (C=O) groups excluding carboxylic acids is 1. The molecule has 0 spiro atoms. The van der Waals surface area contributed by atoms with Gasteiger partial charge in [0.05, 0.1) is 6.42 Å². The Morgan fingerprint density at radius 1 is 1.33 bits per heavy atom. The lowest BCUT2D eigenvalue weighted by Crippen LogP contribution is -2.32. The third kappa shape index (κ3) is 4.06. The smallest absolute Gasteiger partial charge is 0.320 e. The Hall–Kier alpha value is -2.34. The fourth-order valence-electron chi connectivity index (χ4n) is 2.19. The van der Waals surface area contributed by atoms with Gasteiger partial charge in [0, 0.05) is 23.6 Å². The van der Waals surface area contributed by atoms with Gasteiger partial charge in [-0.05, 0) is 24.5 Å². The molecule has 0 fully saturated rings. The number of amides is 1. The van der Waals surface area contributed by atoms with E-state index in [1.165, 1.54) is 0 Å². The van der Waals surface area contributed by atoms with Crippen molar-refractivity contribution in [2.75, 3.05) is 6.54 Å². The SMILES string of the molecule is NC(CCCNC(=O)Cc1c[nH]c2ccccc12)C(=O)O. The first kappa shape index (κ1) is 15.1. The van der Waals surface area contributed by atoms with E-state index >= 15 is 0 Å².